The van der Waals surface area contributed by atoms with Crippen LogP contribution in [0.5, 0.6) is 0 Å². The van der Waals surface area contributed by atoms with Gasteiger partial charge in [0.25, 0.3) is 5.91 Å². The van der Waals surface area contributed by atoms with E-state index in [1.54, 1.807) is 13.0 Å². The summed E-state index contributed by atoms with van der Waals surface area (Å²) in [5, 5.41) is 0. The Morgan fingerprint density at radius 2 is 2.00 bits per heavy atom. The Hall–Kier alpha value is -2.10. The van der Waals surface area contributed by atoms with Crippen LogP contribution in [0.1, 0.15) is 50.7 Å². The normalized spacial score (nSPS) is 19.3. The van der Waals surface area contributed by atoms with Gasteiger partial charge in [-0.25, -0.2) is 4.79 Å². The molecule has 0 aromatic heterocycles. The van der Waals surface area contributed by atoms with E-state index >= 15 is 0 Å². The van der Waals surface area contributed by atoms with Crippen molar-refractivity contribution in [2.24, 2.45) is 0 Å². The van der Waals surface area contributed by atoms with E-state index < -0.39 is 12.1 Å². The van der Waals surface area contributed by atoms with Crippen molar-refractivity contribution in [2.45, 2.75) is 58.6 Å². The van der Waals surface area contributed by atoms with Gasteiger partial charge < -0.3 is 9.64 Å². The fourth-order valence-corrected chi connectivity index (χ4v) is 3.05. The summed E-state index contributed by atoms with van der Waals surface area (Å²) in [4.78, 5) is 26.4. The molecule has 2 unspecified atom stereocenters. The summed E-state index contributed by atoms with van der Waals surface area (Å²) in [6.07, 6.45) is 6.51. The predicted molar refractivity (Wildman–Crippen MR) is 95.4 cm³/mol. The molecular weight excluding hydrogens is 302 g/mol. The third-order valence-electron chi connectivity index (χ3n) is 4.51. The fraction of sp³-hybridized carbons (Fsp3) is 0.500. The molecule has 0 spiro atoms. The number of carbonyl (C=O) groups excluding carboxylic acids is 2. The number of esters is 1. The van der Waals surface area contributed by atoms with Crippen molar-refractivity contribution in [3.05, 3.63) is 41.5 Å². The Balaban J connectivity index is 1.90. The van der Waals surface area contributed by atoms with Crippen LogP contribution in [-0.2, 0) is 14.3 Å². The van der Waals surface area contributed by atoms with Crippen LogP contribution in [0.25, 0.3) is 6.08 Å². The molecule has 1 amide bonds. The summed E-state index contributed by atoms with van der Waals surface area (Å²) < 4.78 is 5.29. The number of aryl methyl sites for hydroxylation is 1. The highest BCUT2D eigenvalue weighted by molar-refractivity contribution is 5.90. The number of piperidine rings is 1. The second-order valence-electron chi connectivity index (χ2n) is 6.41. The first-order valence-corrected chi connectivity index (χ1v) is 8.77. The van der Waals surface area contributed by atoms with Crippen molar-refractivity contribution in [1.82, 2.24) is 4.90 Å². The standard InChI is InChI=1S/C20H27NO3/c1-4-18-7-5-6-14-21(18)20(23)16(3)24-19(22)13-12-17-10-8-15(2)9-11-17/h8-13,16,18H,4-7,14H2,1-3H3/b13-12+. The van der Waals surface area contributed by atoms with Crippen LogP contribution in [0.3, 0.4) is 0 Å². The van der Waals surface area contributed by atoms with Crippen LogP contribution < -0.4 is 0 Å². The lowest BCUT2D eigenvalue weighted by molar-refractivity contribution is -0.157. The van der Waals surface area contributed by atoms with Gasteiger partial charge in [-0.2, -0.15) is 0 Å². The second-order valence-corrected chi connectivity index (χ2v) is 6.41. The number of rotatable bonds is 5. The molecule has 2 atom stereocenters. The maximum Gasteiger partial charge on any atom is 0.331 e. The van der Waals surface area contributed by atoms with Crippen LogP contribution in [0.4, 0.5) is 0 Å². The summed E-state index contributed by atoms with van der Waals surface area (Å²) in [5.41, 5.74) is 2.10. The van der Waals surface area contributed by atoms with Crippen molar-refractivity contribution in [3.8, 4) is 0 Å². The Labute approximate surface area is 144 Å². The van der Waals surface area contributed by atoms with Crippen molar-refractivity contribution >= 4 is 18.0 Å². The smallest absolute Gasteiger partial charge is 0.331 e. The Morgan fingerprint density at radius 1 is 1.29 bits per heavy atom. The van der Waals surface area contributed by atoms with Crippen molar-refractivity contribution in [2.75, 3.05) is 6.54 Å². The molecule has 4 heteroatoms. The van der Waals surface area contributed by atoms with Gasteiger partial charge in [0.2, 0.25) is 0 Å². The van der Waals surface area contributed by atoms with Gasteiger partial charge in [-0.05, 0) is 51.2 Å². The lowest BCUT2D eigenvalue weighted by Gasteiger charge is -2.36. The molecule has 0 N–H and O–H groups in total. The zero-order valence-corrected chi connectivity index (χ0v) is 14.8. The van der Waals surface area contributed by atoms with E-state index in [2.05, 4.69) is 6.92 Å². The molecule has 130 valence electrons. The summed E-state index contributed by atoms with van der Waals surface area (Å²) >= 11 is 0. The first kappa shape index (κ1) is 18.2. The number of hydrogen-bond acceptors (Lipinski definition) is 3. The Bertz CT molecular complexity index is 591. The van der Waals surface area contributed by atoms with E-state index in [0.717, 1.165) is 37.8 Å². The molecule has 4 nitrogen and oxygen atoms in total. The fourth-order valence-electron chi connectivity index (χ4n) is 3.05. The number of ether oxygens (including phenoxy) is 1. The molecule has 1 aliphatic heterocycles. The molecule has 0 bridgehead atoms. The molecule has 1 aromatic carbocycles. The number of carbonyl (C=O) groups is 2. The molecule has 0 aliphatic carbocycles. The zero-order valence-electron chi connectivity index (χ0n) is 14.8. The van der Waals surface area contributed by atoms with Crippen LogP contribution in [0.15, 0.2) is 30.3 Å². The predicted octanol–water partition coefficient (Wildman–Crippen LogP) is 3.73. The van der Waals surface area contributed by atoms with Crippen molar-refractivity contribution in [1.29, 1.82) is 0 Å². The number of likely N-dealkylation sites (tertiary alicyclic amines) is 1. The van der Waals surface area contributed by atoms with Crippen LogP contribution in [0.2, 0.25) is 0 Å². The molecule has 0 saturated carbocycles. The number of amides is 1. The van der Waals surface area contributed by atoms with E-state index in [0.29, 0.717) is 0 Å². The van der Waals surface area contributed by atoms with Crippen LogP contribution in [0, 0.1) is 6.92 Å². The van der Waals surface area contributed by atoms with Crippen molar-refractivity contribution in [3.63, 3.8) is 0 Å². The maximum absolute atomic E-state index is 12.5. The molecular formula is C20H27NO3. The highest BCUT2D eigenvalue weighted by atomic mass is 16.5. The second kappa shape index (κ2) is 8.67. The molecule has 1 fully saturated rings. The third kappa shape index (κ3) is 4.95. The third-order valence-corrected chi connectivity index (χ3v) is 4.51. The molecule has 1 aromatic rings. The topological polar surface area (TPSA) is 46.6 Å². The Morgan fingerprint density at radius 3 is 2.67 bits per heavy atom. The van der Waals surface area contributed by atoms with E-state index in [1.165, 1.54) is 11.6 Å². The van der Waals surface area contributed by atoms with E-state index in [-0.39, 0.29) is 11.9 Å². The van der Waals surface area contributed by atoms with Gasteiger partial charge in [0.15, 0.2) is 6.10 Å². The van der Waals surface area contributed by atoms with Gasteiger partial charge in [0.05, 0.1) is 0 Å². The molecule has 1 saturated heterocycles. The molecule has 1 aliphatic rings. The summed E-state index contributed by atoms with van der Waals surface area (Å²) in [5.74, 6) is -0.569. The van der Waals surface area contributed by atoms with Gasteiger partial charge in [-0.3, -0.25) is 4.79 Å². The largest absolute Gasteiger partial charge is 0.449 e. The molecule has 1 heterocycles. The zero-order chi connectivity index (χ0) is 17.5. The van der Waals surface area contributed by atoms with Gasteiger partial charge in [0, 0.05) is 18.7 Å². The van der Waals surface area contributed by atoms with Gasteiger partial charge in [0.1, 0.15) is 0 Å². The van der Waals surface area contributed by atoms with E-state index in [1.807, 2.05) is 36.1 Å². The number of nitrogens with zero attached hydrogens (tertiary/aromatic N) is 1. The monoisotopic (exact) mass is 329 g/mol. The molecule has 0 radical (unpaired) electrons. The Kier molecular flexibility index (Phi) is 6.59. The highest BCUT2D eigenvalue weighted by Crippen LogP contribution is 2.20. The lowest BCUT2D eigenvalue weighted by Crippen LogP contribution is -2.48. The van der Waals surface area contributed by atoms with Crippen LogP contribution >= 0.6 is 0 Å². The minimum atomic E-state index is -0.743. The quantitative estimate of drug-likeness (QED) is 0.611. The summed E-state index contributed by atoms with van der Waals surface area (Å²) in [6, 6.07) is 8.12. The number of hydrogen-bond donors (Lipinski definition) is 0. The number of benzene rings is 1. The average molecular weight is 329 g/mol. The van der Waals surface area contributed by atoms with E-state index in [9.17, 15) is 9.59 Å². The lowest BCUT2D eigenvalue weighted by atomic mass is 9.99. The minimum Gasteiger partial charge on any atom is -0.449 e. The van der Waals surface area contributed by atoms with Gasteiger partial charge in [-0.1, -0.05) is 36.8 Å². The van der Waals surface area contributed by atoms with Crippen LogP contribution in [-0.4, -0.2) is 35.5 Å². The first-order chi connectivity index (χ1) is 11.5. The summed E-state index contributed by atoms with van der Waals surface area (Å²) in [6.45, 7) is 6.52. The molecule has 24 heavy (non-hydrogen) atoms. The first-order valence-electron chi connectivity index (χ1n) is 8.77. The van der Waals surface area contributed by atoms with Gasteiger partial charge in [-0.15, -0.1) is 0 Å². The van der Waals surface area contributed by atoms with Crippen molar-refractivity contribution < 1.29 is 14.3 Å². The average Bonchev–Trinajstić information content (AvgIpc) is 2.60. The SMILES string of the molecule is CCC1CCCCN1C(=O)C(C)OC(=O)/C=C/c1ccc(C)cc1. The molecule has 2 rings (SSSR count). The minimum absolute atomic E-state index is 0.0846. The maximum atomic E-state index is 12.5. The van der Waals surface area contributed by atoms with Gasteiger partial charge >= 0.3 is 5.97 Å². The van der Waals surface area contributed by atoms with E-state index in [4.69, 9.17) is 4.74 Å². The highest BCUT2D eigenvalue weighted by Gasteiger charge is 2.30. The summed E-state index contributed by atoms with van der Waals surface area (Å²) in [7, 11) is 0.